The minimum absolute atomic E-state index is 0.224. The Bertz CT molecular complexity index is 1460. The summed E-state index contributed by atoms with van der Waals surface area (Å²) < 4.78 is 0. The van der Waals surface area contributed by atoms with Gasteiger partial charge in [0, 0.05) is 60.6 Å². The molecule has 0 amide bonds. The van der Waals surface area contributed by atoms with Gasteiger partial charge in [0.05, 0.1) is 5.56 Å². The average Bonchev–Trinajstić information content (AvgIpc) is 2.87. The molecule has 0 bridgehead atoms. The minimum atomic E-state index is -0.224. The number of hydrogen-bond donors (Lipinski definition) is 2. The summed E-state index contributed by atoms with van der Waals surface area (Å²) >= 11 is 6.36. The van der Waals surface area contributed by atoms with Crippen molar-refractivity contribution in [2.24, 2.45) is 0 Å². The minimum Gasteiger partial charge on any atom is -0.324 e. The second-order valence-corrected chi connectivity index (χ2v) is 9.77. The molecule has 1 aliphatic heterocycles. The van der Waals surface area contributed by atoms with Gasteiger partial charge in [-0.1, -0.05) is 42.8 Å². The van der Waals surface area contributed by atoms with Crippen LogP contribution in [0.25, 0.3) is 22.2 Å². The van der Waals surface area contributed by atoms with Crippen LogP contribution in [0.1, 0.15) is 23.6 Å². The van der Waals surface area contributed by atoms with Crippen LogP contribution in [0.2, 0.25) is 5.02 Å². The summed E-state index contributed by atoms with van der Waals surface area (Å²) in [4.78, 5) is 30.0. The Morgan fingerprint density at radius 3 is 2.53 bits per heavy atom. The van der Waals surface area contributed by atoms with Gasteiger partial charge < -0.3 is 15.2 Å². The summed E-state index contributed by atoms with van der Waals surface area (Å²) in [7, 11) is 0. The van der Waals surface area contributed by atoms with Crippen molar-refractivity contribution in [3.05, 3.63) is 80.7 Å². The topological polar surface area (TPSA) is 77.1 Å². The number of fused-ring (bicyclic) bond motifs is 1. The lowest BCUT2D eigenvalue weighted by Crippen LogP contribution is -2.45. The van der Waals surface area contributed by atoms with Crippen LogP contribution >= 0.6 is 11.6 Å². The van der Waals surface area contributed by atoms with E-state index in [-0.39, 0.29) is 5.56 Å². The molecule has 2 aromatic heterocycles. The average molecular weight is 503 g/mol. The summed E-state index contributed by atoms with van der Waals surface area (Å²) in [6, 6.07) is 13.7. The number of piperazine rings is 1. The molecule has 7 nitrogen and oxygen atoms in total. The van der Waals surface area contributed by atoms with Gasteiger partial charge in [0.15, 0.2) is 0 Å². The van der Waals surface area contributed by atoms with Gasteiger partial charge in [0.1, 0.15) is 5.65 Å². The second kappa shape index (κ2) is 10.4. The summed E-state index contributed by atoms with van der Waals surface area (Å²) in [5.41, 5.74) is 5.78. The highest BCUT2D eigenvalue weighted by molar-refractivity contribution is 6.33. The Morgan fingerprint density at radius 1 is 1.06 bits per heavy atom. The first kappa shape index (κ1) is 24.4. The standard InChI is InChI=1S/C28H31ClN6O/c1-4-34-11-13-35(14-12-34)17-20-9-10-21(15-18(20)2)31-28-30-16-23-19(3)25(27(36)32-26(23)33-28)22-7-5-6-8-24(22)29/h5-10,15-16H,4,11-14,17H2,1-3H3,(H2,30,31,32,33,36). The maximum absolute atomic E-state index is 13.0. The Kier molecular flexibility index (Phi) is 7.05. The highest BCUT2D eigenvalue weighted by atomic mass is 35.5. The first-order chi connectivity index (χ1) is 17.4. The molecule has 5 rings (SSSR count). The molecule has 2 aromatic carbocycles. The molecular weight excluding hydrogens is 472 g/mol. The van der Waals surface area contributed by atoms with Crippen LogP contribution < -0.4 is 10.9 Å². The van der Waals surface area contributed by atoms with E-state index in [2.05, 4.69) is 62.1 Å². The van der Waals surface area contributed by atoms with Gasteiger partial charge in [-0.15, -0.1) is 0 Å². The van der Waals surface area contributed by atoms with Crippen LogP contribution in [0.15, 0.2) is 53.5 Å². The van der Waals surface area contributed by atoms with E-state index >= 15 is 0 Å². The molecule has 0 atom stereocenters. The number of nitrogens with zero attached hydrogens (tertiary/aromatic N) is 4. The van der Waals surface area contributed by atoms with E-state index in [1.807, 2.05) is 25.1 Å². The number of rotatable bonds is 6. The number of pyridine rings is 1. The fourth-order valence-corrected chi connectivity index (χ4v) is 5.09. The molecule has 3 heterocycles. The number of hydrogen-bond acceptors (Lipinski definition) is 6. The smallest absolute Gasteiger partial charge is 0.257 e. The van der Waals surface area contributed by atoms with Gasteiger partial charge in [-0.2, -0.15) is 4.98 Å². The predicted octanol–water partition coefficient (Wildman–Crippen LogP) is 5.14. The number of aromatic nitrogens is 3. The zero-order chi connectivity index (χ0) is 25.2. The number of likely N-dealkylation sites (N-methyl/N-ethyl adjacent to an activating group) is 1. The van der Waals surface area contributed by atoms with Crippen LogP contribution in [-0.2, 0) is 6.54 Å². The summed E-state index contributed by atoms with van der Waals surface area (Å²) in [6.45, 7) is 12.8. The molecule has 0 spiro atoms. The summed E-state index contributed by atoms with van der Waals surface area (Å²) in [5, 5.41) is 4.61. The highest BCUT2D eigenvalue weighted by Gasteiger charge is 2.17. The van der Waals surface area contributed by atoms with Crippen molar-refractivity contribution < 1.29 is 0 Å². The lowest BCUT2D eigenvalue weighted by molar-refractivity contribution is 0.132. The third-order valence-corrected chi connectivity index (χ3v) is 7.40. The van der Waals surface area contributed by atoms with Crippen LogP contribution in [0.3, 0.4) is 0 Å². The second-order valence-electron chi connectivity index (χ2n) is 9.37. The third-order valence-electron chi connectivity index (χ3n) is 7.07. The summed E-state index contributed by atoms with van der Waals surface area (Å²) in [5.74, 6) is 0.436. The van der Waals surface area contributed by atoms with Crippen LogP contribution in [-0.4, -0.2) is 57.5 Å². The van der Waals surface area contributed by atoms with Crippen molar-refractivity contribution in [2.75, 3.05) is 38.0 Å². The van der Waals surface area contributed by atoms with Crippen LogP contribution in [0.4, 0.5) is 11.6 Å². The van der Waals surface area contributed by atoms with Gasteiger partial charge in [-0.25, -0.2) is 4.98 Å². The van der Waals surface area contributed by atoms with E-state index in [4.69, 9.17) is 11.6 Å². The van der Waals surface area contributed by atoms with E-state index in [0.717, 1.165) is 55.9 Å². The van der Waals surface area contributed by atoms with Crippen LogP contribution in [0, 0.1) is 13.8 Å². The Morgan fingerprint density at radius 2 is 1.81 bits per heavy atom. The van der Waals surface area contributed by atoms with E-state index in [1.165, 1.54) is 11.1 Å². The third kappa shape index (κ3) is 5.00. The van der Waals surface area contributed by atoms with Gasteiger partial charge in [0.2, 0.25) is 5.95 Å². The molecule has 186 valence electrons. The summed E-state index contributed by atoms with van der Waals surface area (Å²) in [6.07, 6.45) is 1.74. The Balaban J connectivity index is 1.35. The fourth-order valence-electron chi connectivity index (χ4n) is 4.86. The molecule has 1 fully saturated rings. The van der Waals surface area contributed by atoms with E-state index < -0.39 is 0 Å². The zero-order valence-corrected chi connectivity index (χ0v) is 21.7. The lowest BCUT2D eigenvalue weighted by Gasteiger charge is -2.34. The van der Waals surface area contributed by atoms with E-state index in [1.54, 1.807) is 12.3 Å². The Labute approximate surface area is 216 Å². The van der Waals surface area contributed by atoms with Crippen molar-refractivity contribution in [2.45, 2.75) is 27.3 Å². The molecule has 1 saturated heterocycles. The van der Waals surface area contributed by atoms with Crippen molar-refractivity contribution >= 4 is 34.3 Å². The molecule has 4 aromatic rings. The molecule has 2 N–H and O–H groups in total. The molecule has 0 aliphatic carbocycles. The highest BCUT2D eigenvalue weighted by Crippen LogP contribution is 2.30. The van der Waals surface area contributed by atoms with Gasteiger partial charge in [-0.3, -0.25) is 9.69 Å². The normalized spacial score (nSPS) is 14.9. The number of aryl methyl sites for hydroxylation is 2. The van der Waals surface area contributed by atoms with E-state index in [9.17, 15) is 4.79 Å². The van der Waals surface area contributed by atoms with Gasteiger partial charge in [0.25, 0.3) is 5.56 Å². The number of halogens is 1. The molecule has 0 unspecified atom stereocenters. The first-order valence-corrected chi connectivity index (χ1v) is 12.8. The van der Waals surface area contributed by atoms with Crippen molar-refractivity contribution in [1.82, 2.24) is 24.8 Å². The number of H-pyrrole nitrogens is 1. The van der Waals surface area contributed by atoms with Gasteiger partial charge >= 0.3 is 0 Å². The zero-order valence-electron chi connectivity index (χ0n) is 20.9. The molecule has 0 radical (unpaired) electrons. The van der Waals surface area contributed by atoms with Crippen molar-refractivity contribution in [3.8, 4) is 11.1 Å². The SMILES string of the molecule is CCN1CCN(Cc2ccc(Nc3ncc4c(C)c(-c5ccccc5Cl)c(=O)[nH]c4n3)cc2C)CC1. The number of anilines is 2. The molecule has 8 heteroatoms. The predicted molar refractivity (Wildman–Crippen MR) is 147 cm³/mol. The molecule has 0 saturated carbocycles. The van der Waals surface area contributed by atoms with Crippen molar-refractivity contribution in [3.63, 3.8) is 0 Å². The van der Waals surface area contributed by atoms with Crippen molar-refractivity contribution in [1.29, 1.82) is 0 Å². The quantitative estimate of drug-likeness (QED) is 0.380. The van der Waals surface area contributed by atoms with Crippen LogP contribution in [0.5, 0.6) is 0 Å². The maximum Gasteiger partial charge on any atom is 0.257 e. The Hall–Kier alpha value is -3.26. The molecule has 1 aliphatic rings. The molecular formula is C28H31ClN6O. The number of nitrogens with one attached hydrogen (secondary N) is 2. The number of aromatic amines is 1. The first-order valence-electron chi connectivity index (χ1n) is 12.4. The monoisotopic (exact) mass is 502 g/mol. The lowest BCUT2D eigenvalue weighted by atomic mass is 10.0. The molecule has 36 heavy (non-hydrogen) atoms. The maximum atomic E-state index is 13.0. The fraction of sp³-hybridized carbons (Fsp3) is 0.321. The largest absolute Gasteiger partial charge is 0.324 e. The number of benzene rings is 2. The van der Waals surface area contributed by atoms with E-state index in [0.29, 0.717) is 27.7 Å². The van der Waals surface area contributed by atoms with Gasteiger partial charge in [-0.05, 0) is 55.3 Å².